The number of hydrogen-bond donors (Lipinski definition) is 0. The Labute approximate surface area is 76.5 Å². The van der Waals surface area contributed by atoms with Gasteiger partial charge in [0.15, 0.2) is 0 Å². The summed E-state index contributed by atoms with van der Waals surface area (Å²) in [6.07, 6.45) is 6.06. The van der Waals surface area contributed by atoms with Crippen molar-refractivity contribution in [2.45, 2.75) is 65.6 Å². The van der Waals surface area contributed by atoms with Gasteiger partial charge in [0, 0.05) is 0 Å². The molecule has 0 amide bonds. The van der Waals surface area contributed by atoms with Crippen LogP contribution >= 0.6 is 0 Å². The van der Waals surface area contributed by atoms with Gasteiger partial charge in [0.05, 0.1) is 12.2 Å². The second-order valence-electron chi connectivity index (χ2n) is 4.37. The molecule has 0 N–H and O–H groups in total. The van der Waals surface area contributed by atoms with Crippen molar-refractivity contribution in [3.05, 3.63) is 0 Å². The minimum atomic E-state index is 0.466. The molecule has 1 saturated heterocycles. The Morgan fingerprint density at radius 1 is 1.08 bits per heavy atom. The molecule has 0 aromatic heterocycles. The molecule has 0 radical (unpaired) electrons. The van der Waals surface area contributed by atoms with Crippen LogP contribution in [0.5, 0.6) is 0 Å². The van der Waals surface area contributed by atoms with Gasteiger partial charge < -0.3 is 4.74 Å². The van der Waals surface area contributed by atoms with E-state index >= 15 is 0 Å². The van der Waals surface area contributed by atoms with Gasteiger partial charge in [-0.25, -0.2) is 0 Å². The lowest BCUT2D eigenvalue weighted by Crippen LogP contribution is -2.37. The Bertz CT molecular complexity index is 126. The number of rotatable bonds is 2. The van der Waals surface area contributed by atoms with E-state index in [4.69, 9.17) is 4.74 Å². The lowest BCUT2D eigenvalue weighted by molar-refractivity contribution is -0.0897. The van der Waals surface area contributed by atoms with Crippen LogP contribution in [0.25, 0.3) is 0 Å². The first-order valence-corrected chi connectivity index (χ1v) is 5.27. The third kappa shape index (κ3) is 2.01. The van der Waals surface area contributed by atoms with Crippen molar-refractivity contribution in [3.8, 4) is 0 Å². The zero-order valence-corrected chi connectivity index (χ0v) is 8.89. The van der Waals surface area contributed by atoms with Crippen LogP contribution in [0.3, 0.4) is 0 Å². The molecule has 0 saturated carbocycles. The SMILES string of the molecule is CCC1(CC)CC(C)OC(C)C1. The normalized spacial score (nSPS) is 35.0. The summed E-state index contributed by atoms with van der Waals surface area (Å²) in [5.41, 5.74) is 0.580. The van der Waals surface area contributed by atoms with Crippen LogP contribution in [0, 0.1) is 5.41 Å². The average molecular weight is 170 g/mol. The van der Waals surface area contributed by atoms with E-state index in [9.17, 15) is 0 Å². The van der Waals surface area contributed by atoms with Gasteiger partial charge in [-0.3, -0.25) is 0 Å². The molecule has 0 aliphatic carbocycles. The van der Waals surface area contributed by atoms with Gasteiger partial charge in [-0.15, -0.1) is 0 Å². The van der Waals surface area contributed by atoms with Crippen LogP contribution < -0.4 is 0 Å². The Kier molecular flexibility index (Phi) is 3.16. The second kappa shape index (κ2) is 3.78. The molecular weight excluding hydrogens is 148 g/mol. The third-order valence-corrected chi connectivity index (χ3v) is 3.41. The molecule has 0 spiro atoms. The summed E-state index contributed by atoms with van der Waals surface area (Å²) in [5, 5.41) is 0. The number of hydrogen-bond acceptors (Lipinski definition) is 1. The Hall–Kier alpha value is -0.0400. The summed E-state index contributed by atoms with van der Waals surface area (Å²) in [6, 6.07) is 0. The van der Waals surface area contributed by atoms with Crippen LogP contribution in [0.4, 0.5) is 0 Å². The molecule has 0 aromatic rings. The molecule has 2 unspecified atom stereocenters. The smallest absolute Gasteiger partial charge is 0.0555 e. The van der Waals surface area contributed by atoms with Gasteiger partial charge in [-0.1, -0.05) is 26.7 Å². The maximum atomic E-state index is 5.75. The Balaban J connectivity index is 2.62. The van der Waals surface area contributed by atoms with Gasteiger partial charge in [-0.2, -0.15) is 0 Å². The second-order valence-corrected chi connectivity index (χ2v) is 4.37. The summed E-state index contributed by atoms with van der Waals surface area (Å²) in [7, 11) is 0. The zero-order chi connectivity index (χ0) is 9.19. The monoisotopic (exact) mass is 170 g/mol. The molecule has 0 bridgehead atoms. The van der Waals surface area contributed by atoms with Crippen LogP contribution in [-0.2, 0) is 4.74 Å². The fourth-order valence-corrected chi connectivity index (χ4v) is 2.62. The summed E-state index contributed by atoms with van der Waals surface area (Å²) in [4.78, 5) is 0. The molecule has 1 heteroatoms. The van der Waals surface area contributed by atoms with Gasteiger partial charge in [0.25, 0.3) is 0 Å². The van der Waals surface area contributed by atoms with E-state index in [0.717, 1.165) is 0 Å². The molecule has 1 nitrogen and oxygen atoms in total. The minimum Gasteiger partial charge on any atom is -0.376 e. The summed E-state index contributed by atoms with van der Waals surface area (Å²) in [5.74, 6) is 0. The first-order valence-electron chi connectivity index (χ1n) is 5.27. The van der Waals surface area contributed by atoms with Gasteiger partial charge in [0.2, 0.25) is 0 Å². The molecule has 1 aliphatic rings. The Morgan fingerprint density at radius 3 is 1.83 bits per heavy atom. The molecule has 1 heterocycles. The topological polar surface area (TPSA) is 9.23 Å². The van der Waals surface area contributed by atoms with E-state index in [1.807, 2.05) is 0 Å². The summed E-state index contributed by atoms with van der Waals surface area (Å²) in [6.45, 7) is 9.04. The first-order chi connectivity index (χ1) is 5.62. The van der Waals surface area contributed by atoms with Crippen molar-refractivity contribution in [1.82, 2.24) is 0 Å². The fraction of sp³-hybridized carbons (Fsp3) is 1.00. The fourth-order valence-electron chi connectivity index (χ4n) is 2.62. The summed E-state index contributed by atoms with van der Waals surface area (Å²) < 4.78 is 5.75. The van der Waals surface area contributed by atoms with Crippen LogP contribution in [0.15, 0.2) is 0 Å². The molecule has 1 fully saturated rings. The lowest BCUT2D eigenvalue weighted by Gasteiger charge is -2.42. The van der Waals surface area contributed by atoms with E-state index < -0.39 is 0 Å². The molecule has 0 aromatic carbocycles. The van der Waals surface area contributed by atoms with Gasteiger partial charge in [0.1, 0.15) is 0 Å². The molecule has 12 heavy (non-hydrogen) atoms. The van der Waals surface area contributed by atoms with E-state index in [2.05, 4.69) is 27.7 Å². The van der Waals surface area contributed by atoms with Crippen LogP contribution in [-0.4, -0.2) is 12.2 Å². The highest BCUT2D eigenvalue weighted by Gasteiger charge is 2.35. The third-order valence-electron chi connectivity index (χ3n) is 3.41. The van der Waals surface area contributed by atoms with E-state index in [1.54, 1.807) is 0 Å². The quantitative estimate of drug-likeness (QED) is 0.617. The van der Waals surface area contributed by atoms with Crippen molar-refractivity contribution in [2.75, 3.05) is 0 Å². The molecule has 72 valence electrons. The number of ether oxygens (including phenoxy) is 1. The maximum Gasteiger partial charge on any atom is 0.0555 e. The predicted octanol–water partition coefficient (Wildman–Crippen LogP) is 3.38. The Morgan fingerprint density at radius 2 is 1.50 bits per heavy atom. The standard InChI is InChI=1S/C11H22O/c1-5-11(6-2)7-9(3)12-10(4)8-11/h9-10H,5-8H2,1-4H3. The van der Waals surface area contributed by atoms with E-state index in [1.165, 1.54) is 25.7 Å². The van der Waals surface area contributed by atoms with Gasteiger partial charge in [-0.05, 0) is 32.1 Å². The average Bonchev–Trinajstić information content (AvgIpc) is 2.02. The first kappa shape index (κ1) is 10.0. The van der Waals surface area contributed by atoms with Crippen LogP contribution in [0.2, 0.25) is 0 Å². The van der Waals surface area contributed by atoms with E-state index in [0.29, 0.717) is 17.6 Å². The van der Waals surface area contributed by atoms with Crippen molar-refractivity contribution >= 4 is 0 Å². The zero-order valence-electron chi connectivity index (χ0n) is 8.89. The highest BCUT2D eigenvalue weighted by atomic mass is 16.5. The van der Waals surface area contributed by atoms with Gasteiger partial charge >= 0.3 is 0 Å². The lowest BCUT2D eigenvalue weighted by atomic mass is 9.72. The molecule has 1 rings (SSSR count). The summed E-state index contributed by atoms with van der Waals surface area (Å²) >= 11 is 0. The molecule has 2 atom stereocenters. The van der Waals surface area contributed by atoms with Crippen molar-refractivity contribution in [1.29, 1.82) is 0 Å². The minimum absolute atomic E-state index is 0.466. The molecule has 1 aliphatic heterocycles. The van der Waals surface area contributed by atoms with Crippen molar-refractivity contribution < 1.29 is 4.74 Å². The highest BCUT2D eigenvalue weighted by Crippen LogP contribution is 2.41. The van der Waals surface area contributed by atoms with Crippen molar-refractivity contribution in [2.24, 2.45) is 5.41 Å². The maximum absolute atomic E-state index is 5.75. The highest BCUT2D eigenvalue weighted by molar-refractivity contribution is 4.85. The van der Waals surface area contributed by atoms with Crippen molar-refractivity contribution in [3.63, 3.8) is 0 Å². The predicted molar refractivity (Wildman–Crippen MR) is 52.3 cm³/mol. The van der Waals surface area contributed by atoms with E-state index in [-0.39, 0.29) is 0 Å². The largest absolute Gasteiger partial charge is 0.376 e. The molecular formula is C11H22O. The van der Waals surface area contributed by atoms with Crippen LogP contribution in [0.1, 0.15) is 53.4 Å².